The molecular formula is C14H18N4O3. The largest absolute Gasteiger partial charge is 0.493 e. The van der Waals surface area contributed by atoms with Gasteiger partial charge in [-0.1, -0.05) is 6.07 Å². The quantitative estimate of drug-likeness (QED) is 0.480. The molecule has 0 saturated carbocycles. The highest BCUT2D eigenvalue weighted by atomic mass is 16.6. The highest BCUT2D eigenvalue weighted by Crippen LogP contribution is 2.19. The van der Waals surface area contributed by atoms with E-state index in [1.54, 1.807) is 12.1 Å². The van der Waals surface area contributed by atoms with Gasteiger partial charge < -0.3 is 10.5 Å². The molecule has 0 atom stereocenters. The van der Waals surface area contributed by atoms with Crippen molar-refractivity contribution in [2.45, 2.75) is 26.3 Å². The highest BCUT2D eigenvalue weighted by Gasteiger charge is 2.06. The van der Waals surface area contributed by atoms with Crippen LogP contribution in [0.15, 0.2) is 30.3 Å². The van der Waals surface area contributed by atoms with Gasteiger partial charge >= 0.3 is 0 Å². The molecule has 21 heavy (non-hydrogen) atoms. The Morgan fingerprint density at radius 1 is 1.38 bits per heavy atom. The van der Waals surface area contributed by atoms with Crippen LogP contribution in [-0.2, 0) is 6.54 Å². The average Bonchev–Trinajstić information content (AvgIpc) is 2.77. The number of nitro benzene ring substituents is 1. The minimum absolute atomic E-state index is 0.0372. The Morgan fingerprint density at radius 2 is 2.19 bits per heavy atom. The Kier molecular flexibility index (Phi) is 4.76. The van der Waals surface area contributed by atoms with Crippen LogP contribution in [-0.4, -0.2) is 21.3 Å². The molecule has 0 fully saturated rings. The van der Waals surface area contributed by atoms with Crippen molar-refractivity contribution in [3.05, 3.63) is 46.1 Å². The molecule has 0 aliphatic carbocycles. The topological polar surface area (TPSA) is 96.2 Å². The molecule has 2 aromatic rings. The Balaban J connectivity index is 1.73. The molecule has 0 amide bonds. The lowest BCUT2D eigenvalue weighted by Gasteiger charge is -2.07. The highest BCUT2D eigenvalue weighted by molar-refractivity contribution is 5.37. The average molecular weight is 290 g/mol. The summed E-state index contributed by atoms with van der Waals surface area (Å²) in [5.41, 5.74) is 6.68. The number of benzene rings is 1. The number of non-ortho nitro benzene ring substituents is 1. The van der Waals surface area contributed by atoms with Crippen LogP contribution in [0.1, 0.15) is 18.5 Å². The van der Waals surface area contributed by atoms with E-state index in [9.17, 15) is 10.1 Å². The van der Waals surface area contributed by atoms with Crippen LogP contribution < -0.4 is 10.5 Å². The SMILES string of the molecule is Cc1cc(N)nn1CCCCOc1cccc([N+](=O)[O-])c1. The van der Waals surface area contributed by atoms with Gasteiger partial charge in [-0.05, 0) is 25.8 Å². The maximum absolute atomic E-state index is 10.7. The molecule has 0 saturated heterocycles. The zero-order valence-corrected chi connectivity index (χ0v) is 11.9. The van der Waals surface area contributed by atoms with Crippen LogP contribution >= 0.6 is 0 Å². The van der Waals surface area contributed by atoms with Gasteiger partial charge in [-0.25, -0.2) is 0 Å². The first kappa shape index (κ1) is 14.8. The van der Waals surface area contributed by atoms with Gasteiger partial charge in [0, 0.05) is 24.4 Å². The third kappa shape index (κ3) is 4.20. The summed E-state index contributed by atoms with van der Waals surface area (Å²) < 4.78 is 7.38. The molecule has 1 aromatic carbocycles. The van der Waals surface area contributed by atoms with Crippen molar-refractivity contribution in [1.29, 1.82) is 0 Å². The van der Waals surface area contributed by atoms with Crippen LogP contribution in [0.25, 0.3) is 0 Å². The normalized spacial score (nSPS) is 10.5. The molecule has 7 heteroatoms. The Bertz CT molecular complexity index is 624. The zero-order valence-electron chi connectivity index (χ0n) is 11.9. The summed E-state index contributed by atoms with van der Waals surface area (Å²) in [7, 11) is 0. The lowest BCUT2D eigenvalue weighted by Crippen LogP contribution is -2.05. The van der Waals surface area contributed by atoms with Gasteiger partial charge in [0.15, 0.2) is 0 Å². The number of aromatic nitrogens is 2. The second-order valence-corrected chi connectivity index (χ2v) is 4.74. The van der Waals surface area contributed by atoms with E-state index in [0.29, 0.717) is 18.2 Å². The molecule has 0 aliphatic heterocycles. The van der Waals surface area contributed by atoms with E-state index < -0.39 is 4.92 Å². The fourth-order valence-electron chi connectivity index (χ4n) is 2.00. The van der Waals surface area contributed by atoms with Gasteiger partial charge in [-0.3, -0.25) is 14.8 Å². The number of nitrogens with zero attached hydrogens (tertiary/aromatic N) is 3. The van der Waals surface area contributed by atoms with Crippen molar-refractivity contribution in [2.24, 2.45) is 0 Å². The summed E-state index contributed by atoms with van der Waals surface area (Å²) >= 11 is 0. The number of anilines is 1. The van der Waals surface area contributed by atoms with Crippen LogP contribution in [0.2, 0.25) is 0 Å². The van der Waals surface area contributed by atoms with E-state index in [0.717, 1.165) is 25.1 Å². The number of hydrogen-bond donors (Lipinski definition) is 1. The summed E-state index contributed by atoms with van der Waals surface area (Å²) in [4.78, 5) is 10.2. The number of nitrogens with two attached hydrogens (primary N) is 1. The zero-order chi connectivity index (χ0) is 15.2. The number of rotatable bonds is 7. The molecule has 2 N–H and O–H groups in total. The lowest BCUT2D eigenvalue weighted by atomic mass is 10.3. The van der Waals surface area contributed by atoms with Crippen LogP contribution in [0.5, 0.6) is 5.75 Å². The molecule has 1 heterocycles. The molecule has 0 radical (unpaired) electrons. The Morgan fingerprint density at radius 3 is 2.86 bits per heavy atom. The van der Waals surface area contributed by atoms with E-state index in [1.165, 1.54) is 12.1 Å². The number of hydrogen-bond acceptors (Lipinski definition) is 5. The molecule has 7 nitrogen and oxygen atoms in total. The number of unbranched alkanes of at least 4 members (excludes halogenated alkanes) is 1. The number of aryl methyl sites for hydroxylation is 2. The summed E-state index contributed by atoms with van der Waals surface area (Å²) in [6, 6.07) is 8.03. The predicted octanol–water partition coefficient (Wildman–Crippen LogP) is 2.54. The Labute approximate surface area is 122 Å². The Hall–Kier alpha value is -2.57. The lowest BCUT2D eigenvalue weighted by molar-refractivity contribution is -0.384. The van der Waals surface area contributed by atoms with Gasteiger partial charge in [0.2, 0.25) is 0 Å². The smallest absolute Gasteiger partial charge is 0.273 e. The second kappa shape index (κ2) is 6.74. The fraction of sp³-hybridized carbons (Fsp3) is 0.357. The van der Waals surface area contributed by atoms with Crippen molar-refractivity contribution >= 4 is 11.5 Å². The monoisotopic (exact) mass is 290 g/mol. The third-order valence-corrected chi connectivity index (χ3v) is 3.06. The summed E-state index contributed by atoms with van der Waals surface area (Å²) in [5.74, 6) is 1.05. The van der Waals surface area contributed by atoms with E-state index in [4.69, 9.17) is 10.5 Å². The summed E-state index contributed by atoms with van der Waals surface area (Å²) in [6.45, 7) is 3.25. The molecule has 112 valence electrons. The van der Waals surface area contributed by atoms with Crippen molar-refractivity contribution in [3.63, 3.8) is 0 Å². The molecule has 1 aromatic heterocycles. The standard InChI is InChI=1S/C14H18N4O3/c1-11-9-14(15)16-17(11)7-2-3-8-21-13-6-4-5-12(10-13)18(19)20/h4-6,9-10H,2-3,7-8H2,1H3,(H2,15,16). The number of ether oxygens (including phenoxy) is 1. The van der Waals surface area contributed by atoms with Crippen molar-refractivity contribution in [2.75, 3.05) is 12.3 Å². The minimum atomic E-state index is -0.433. The van der Waals surface area contributed by atoms with E-state index in [-0.39, 0.29) is 5.69 Å². The maximum atomic E-state index is 10.7. The predicted molar refractivity (Wildman–Crippen MR) is 79.2 cm³/mol. The first-order valence-corrected chi connectivity index (χ1v) is 6.73. The first-order chi connectivity index (χ1) is 10.1. The van der Waals surface area contributed by atoms with Gasteiger partial charge in [-0.15, -0.1) is 0 Å². The van der Waals surface area contributed by atoms with Gasteiger partial charge in [0.05, 0.1) is 17.6 Å². The third-order valence-electron chi connectivity index (χ3n) is 3.06. The molecule has 2 rings (SSSR count). The van der Waals surface area contributed by atoms with E-state index >= 15 is 0 Å². The summed E-state index contributed by atoms with van der Waals surface area (Å²) in [5, 5.41) is 14.8. The van der Waals surface area contributed by atoms with Gasteiger partial charge in [-0.2, -0.15) is 5.10 Å². The fourth-order valence-corrected chi connectivity index (χ4v) is 2.00. The van der Waals surface area contributed by atoms with Crippen LogP contribution in [0.4, 0.5) is 11.5 Å². The van der Waals surface area contributed by atoms with E-state index in [1.807, 2.05) is 17.7 Å². The van der Waals surface area contributed by atoms with Crippen molar-refractivity contribution in [3.8, 4) is 5.75 Å². The van der Waals surface area contributed by atoms with Crippen molar-refractivity contribution in [1.82, 2.24) is 9.78 Å². The molecule has 0 unspecified atom stereocenters. The van der Waals surface area contributed by atoms with Crippen LogP contribution in [0, 0.1) is 17.0 Å². The second-order valence-electron chi connectivity index (χ2n) is 4.74. The maximum Gasteiger partial charge on any atom is 0.273 e. The van der Waals surface area contributed by atoms with Gasteiger partial charge in [0.1, 0.15) is 11.6 Å². The molecule has 0 aliphatic rings. The number of nitrogen functional groups attached to an aromatic ring is 1. The first-order valence-electron chi connectivity index (χ1n) is 6.73. The molecule has 0 bridgehead atoms. The summed E-state index contributed by atoms with van der Waals surface area (Å²) in [6.07, 6.45) is 1.73. The minimum Gasteiger partial charge on any atom is -0.493 e. The van der Waals surface area contributed by atoms with Crippen LogP contribution in [0.3, 0.4) is 0 Å². The molecular weight excluding hydrogens is 272 g/mol. The molecule has 0 spiro atoms. The number of nitro groups is 1. The van der Waals surface area contributed by atoms with E-state index in [2.05, 4.69) is 5.10 Å². The van der Waals surface area contributed by atoms with Crippen molar-refractivity contribution < 1.29 is 9.66 Å². The van der Waals surface area contributed by atoms with Gasteiger partial charge in [0.25, 0.3) is 5.69 Å².